The van der Waals surface area contributed by atoms with Crippen LogP contribution in [-0.4, -0.2) is 54.4 Å². The number of benzene rings is 1. The average Bonchev–Trinajstić information content (AvgIpc) is 3.15. The van der Waals surface area contributed by atoms with E-state index in [1.54, 1.807) is 7.11 Å². The first-order valence-corrected chi connectivity index (χ1v) is 9.02. The second kappa shape index (κ2) is 7.09. The van der Waals surface area contributed by atoms with Crippen molar-refractivity contribution in [1.29, 1.82) is 0 Å². The fourth-order valence-electron chi connectivity index (χ4n) is 3.93. The molecule has 2 aliphatic heterocycles. The van der Waals surface area contributed by atoms with E-state index in [2.05, 4.69) is 20.4 Å². The number of hydrogen-bond donors (Lipinski definition) is 2. The molecule has 2 N–H and O–H groups in total. The lowest BCUT2D eigenvalue weighted by molar-refractivity contribution is -0.122. The number of piperidine rings is 1. The molecule has 0 saturated carbocycles. The summed E-state index contributed by atoms with van der Waals surface area (Å²) in [5.74, 6) is 0.637. The Kier molecular flexibility index (Phi) is 4.65. The first kappa shape index (κ1) is 17.1. The fraction of sp³-hybridized carbons (Fsp3) is 0.474. The Labute approximate surface area is 152 Å². The van der Waals surface area contributed by atoms with Crippen LogP contribution >= 0.6 is 0 Å². The van der Waals surface area contributed by atoms with E-state index >= 15 is 0 Å². The third kappa shape index (κ3) is 3.20. The maximum atomic E-state index is 12.4. The third-order valence-corrected chi connectivity index (χ3v) is 5.34. The predicted octanol–water partition coefficient (Wildman–Crippen LogP) is 1.92. The van der Waals surface area contributed by atoms with Crippen LogP contribution in [0.4, 0.5) is 5.69 Å². The molecule has 7 heteroatoms. The Balaban J connectivity index is 1.35. The van der Waals surface area contributed by atoms with Gasteiger partial charge >= 0.3 is 0 Å². The summed E-state index contributed by atoms with van der Waals surface area (Å²) in [6.07, 6.45) is 4.56. The minimum atomic E-state index is -0.264. The molecule has 0 unspecified atom stereocenters. The van der Waals surface area contributed by atoms with Gasteiger partial charge in [-0.1, -0.05) is 12.1 Å². The fourth-order valence-corrected chi connectivity index (χ4v) is 3.93. The van der Waals surface area contributed by atoms with Crippen molar-refractivity contribution in [2.24, 2.45) is 0 Å². The zero-order chi connectivity index (χ0) is 18.0. The molecule has 0 radical (unpaired) electrons. The lowest BCUT2D eigenvalue weighted by atomic mass is 9.84. The van der Waals surface area contributed by atoms with Gasteiger partial charge in [-0.2, -0.15) is 5.10 Å². The van der Waals surface area contributed by atoms with Gasteiger partial charge in [0.05, 0.1) is 37.8 Å². The quantitative estimate of drug-likeness (QED) is 0.875. The summed E-state index contributed by atoms with van der Waals surface area (Å²) in [4.78, 5) is 14.6. The number of anilines is 1. The van der Waals surface area contributed by atoms with E-state index in [9.17, 15) is 4.79 Å². The zero-order valence-corrected chi connectivity index (χ0v) is 15.0. The first-order chi connectivity index (χ1) is 12.7. The Morgan fingerprint density at radius 3 is 3.00 bits per heavy atom. The van der Waals surface area contributed by atoms with Crippen LogP contribution < -0.4 is 10.1 Å². The number of aromatic amines is 1. The van der Waals surface area contributed by atoms with Crippen LogP contribution in [0.15, 0.2) is 30.5 Å². The molecule has 2 aromatic rings. The molecule has 0 aliphatic carbocycles. The van der Waals surface area contributed by atoms with Crippen molar-refractivity contribution in [3.05, 3.63) is 41.7 Å². The summed E-state index contributed by atoms with van der Waals surface area (Å²) in [6.45, 7) is 2.74. The minimum Gasteiger partial charge on any atom is -0.495 e. The number of aromatic nitrogens is 2. The number of rotatable bonds is 4. The number of hydrogen-bond acceptors (Lipinski definition) is 5. The van der Waals surface area contributed by atoms with E-state index in [1.165, 1.54) is 5.56 Å². The molecule has 7 nitrogen and oxygen atoms in total. The van der Waals surface area contributed by atoms with Crippen molar-refractivity contribution in [2.75, 3.05) is 38.7 Å². The summed E-state index contributed by atoms with van der Waals surface area (Å²) in [7, 11) is 1.60. The summed E-state index contributed by atoms with van der Waals surface area (Å²) < 4.78 is 11.4. The molecule has 1 amide bonds. The number of amides is 1. The normalized spacial score (nSPS) is 19.1. The number of ether oxygens (including phenoxy) is 2. The summed E-state index contributed by atoms with van der Waals surface area (Å²) in [5, 5.41) is 10.3. The van der Waals surface area contributed by atoms with E-state index in [0.29, 0.717) is 18.0 Å². The predicted molar refractivity (Wildman–Crippen MR) is 97.2 cm³/mol. The van der Waals surface area contributed by atoms with Gasteiger partial charge in [-0.3, -0.25) is 14.8 Å². The smallest absolute Gasteiger partial charge is 0.238 e. The van der Waals surface area contributed by atoms with Crippen molar-refractivity contribution < 1.29 is 14.3 Å². The van der Waals surface area contributed by atoms with Crippen LogP contribution in [0.1, 0.15) is 24.1 Å². The van der Waals surface area contributed by atoms with E-state index < -0.39 is 0 Å². The highest BCUT2D eigenvalue weighted by Crippen LogP contribution is 2.40. The molecule has 0 bridgehead atoms. The lowest BCUT2D eigenvalue weighted by Gasteiger charge is -2.43. The van der Waals surface area contributed by atoms with E-state index in [0.717, 1.165) is 44.7 Å². The number of carbonyl (C=O) groups is 1. The number of likely N-dealkylation sites (tertiary alicyclic amines) is 1. The molecule has 1 saturated heterocycles. The molecule has 4 rings (SSSR count). The molecule has 1 aromatic carbocycles. The minimum absolute atomic E-state index is 0.0303. The second-order valence-electron chi connectivity index (χ2n) is 6.89. The topological polar surface area (TPSA) is 79.5 Å². The highest BCUT2D eigenvalue weighted by atomic mass is 16.5. The van der Waals surface area contributed by atoms with E-state index in [4.69, 9.17) is 9.47 Å². The second-order valence-corrected chi connectivity index (χ2v) is 6.89. The van der Waals surface area contributed by atoms with Gasteiger partial charge in [0.25, 0.3) is 0 Å². The maximum Gasteiger partial charge on any atom is 0.238 e. The third-order valence-electron chi connectivity index (χ3n) is 5.34. The van der Waals surface area contributed by atoms with Crippen LogP contribution in [0.3, 0.4) is 0 Å². The van der Waals surface area contributed by atoms with Crippen LogP contribution in [0.5, 0.6) is 5.75 Å². The van der Waals surface area contributed by atoms with Crippen LogP contribution in [0, 0.1) is 0 Å². The Morgan fingerprint density at radius 2 is 2.19 bits per heavy atom. The van der Waals surface area contributed by atoms with Gasteiger partial charge in [0.1, 0.15) is 11.4 Å². The number of fused-ring (bicyclic) bond motifs is 2. The lowest BCUT2D eigenvalue weighted by Crippen LogP contribution is -2.48. The van der Waals surface area contributed by atoms with Gasteiger partial charge in [0.15, 0.2) is 0 Å². The summed E-state index contributed by atoms with van der Waals surface area (Å²) in [5.41, 5.74) is 2.83. The van der Waals surface area contributed by atoms with Crippen molar-refractivity contribution >= 4 is 11.6 Å². The van der Waals surface area contributed by atoms with Gasteiger partial charge in [-0.25, -0.2) is 0 Å². The molecule has 0 atom stereocenters. The highest BCUT2D eigenvalue weighted by molar-refractivity contribution is 5.93. The molecule has 138 valence electrons. The average molecular weight is 356 g/mol. The molecule has 2 aliphatic rings. The Morgan fingerprint density at radius 1 is 1.38 bits per heavy atom. The number of carbonyl (C=O) groups excluding carboxylic acids is 1. The van der Waals surface area contributed by atoms with Gasteiger partial charge in [-0.05, 0) is 37.0 Å². The van der Waals surface area contributed by atoms with Crippen molar-refractivity contribution in [2.45, 2.75) is 24.9 Å². The van der Waals surface area contributed by atoms with E-state index in [1.807, 2.05) is 30.5 Å². The van der Waals surface area contributed by atoms with Gasteiger partial charge in [0.2, 0.25) is 5.91 Å². The molecular formula is C19H24N4O3. The summed E-state index contributed by atoms with van der Waals surface area (Å²) in [6, 6.07) is 7.44. The number of nitrogens with one attached hydrogen (secondary N) is 2. The standard InChI is InChI=1S/C19H24N4O3/c1-25-16-5-3-2-4-15(16)21-17(24)13-23-9-7-19(8-10-23)18-14(6-11-26-19)12-20-22-18/h2-5,12H,6-11,13H2,1H3,(H,20,22)(H,21,24). The van der Waals surface area contributed by atoms with E-state index in [-0.39, 0.29) is 11.5 Å². The Bertz CT molecular complexity index is 781. The SMILES string of the molecule is COc1ccccc1NC(=O)CN1CCC2(CC1)OCCc1cn[nH]c12. The highest BCUT2D eigenvalue weighted by Gasteiger charge is 2.42. The monoisotopic (exact) mass is 356 g/mol. The van der Waals surface area contributed by atoms with Crippen molar-refractivity contribution in [3.8, 4) is 5.75 Å². The van der Waals surface area contributed by atoms with Crippen molar-refractivity contribution in [3.63, 3.8) is 0 Å². The number of H-pyrrole nitrogens is 1. The zero-order valence-electron chi connectivity index (χ0n) is 15.0. The van der Waals surface area contributed by atoms with Gasteiger partial charge < -0.3 is 14.8 Å². The number of para-hydroxylation sites is 2. The molecule has 26 heavy (non-hydrogen) atoms. The largest absolute Gasteiger partial charge is 0.495 e. The van der Waals surface area contributed by atoms with Gasteiger partial charge in [0, 0.05) is 13.1 Å². The summed E-state index contributed by atoms with van der Waals surface area (Å²) >= 11 is 0. The molecule has 1 spiro atoms. The number of nitrogens with zero attached hydrogens (tertiary/aromatic N) is 2. The van der Waals surface area contributed by atoms with Crippen molar-refractivity contribution in [1.82, 2.24) is 15.1 Å². The van der Waals surface area contributed by atoms with Crippen LogP contribution in [0.2, 0.25) is 0 Å². The molecular weight excluding hydrogens is 332 g/mol. The van der Waals surface area contributed by atoms with Gasteiger partial charge in [-0.15, -0.1) is 0 Å². The molecule has 3 heterocycles. The number of methoxy groups -OCH3 is 1. The Hall–Kier alpha value is -2.38. The van der Waals surface area contributed by atoms with Crippen LogP contribution in [0.25, 0.3) is 0 Å². The maximum absolute atomic E-state index is 12.4. The van der Waals surface area contributed by atoms with Crippen LogP contribution in [-0.2, 0) is 21.6 Å². The molecule has 1 fully saturated rings. The first-order valence-electron chi connectivity index (χ1n) is 9.02. The molecule has 1 aromatic heterocycles.